The predicted octanol–water partition coefficient (Wildman–Crippen LogP) is 6.18. The Hall–Kier alpha value is -3.22. The molecule has 0 saturated heterocycles. The lowest BCUT2D eigenvalue weighted by atomic mass is 10.1. The van der Waals surface area contributed by atoms with E-state index in [1.165, 1.54) is 21.7 Å². The first-order valence-electron chi connectivity index (χ1n) is 10.1. The van der Waals surface area contributed by atoms with Crippen LogP contribution in [0.5, 0.6) is 0 Å². The van der Waals surface area contributed by atoms with E-state index in [0.717, 1.165) is 11.3 Å². The summed E-state index contributed by atoms with van der Waals surface area (Å²) in [4.78, 5) is 0. The number of nitrogens with zero attached hydrogens (tertiary/aromatic N) is 1. The Kier molecular flexibility index (Phi) is 6.07. The lowest BCUT2D eigenvalue weighted by Crippen LogP contribution is -2.35. The number of amidine groups is 1. The fraction of sp³-hybridized carbons (Fsp3) is 0.0741. The second-order valence-electron chi connectivity index (χ2n) is 7.25. The molecule has 0 heterocycles. The maximum atomic E-state index is 9.29. The van der Waals surface area contributed by atoms with Crippen molar-refractivity contribution in [2.45, 2.75) is 13.8 Å². The summed E-state index contributed by atoms with van der Waals surface area (Å²) in [6.45, 7) is 4.27. The molecule has 4 rings (SSSR count). The summed E-state index contributed by atoms with van der Waals surface area (Å²) < 4.78 is 2.25. The first-order chi connectivity index (χ1) is 14.7. The highest BCUT2D eigenvalue weighted by Gasteiger charge is 2.29. The van der Waals surface area contributed by atoms with Crippen LogP contribution >= 0.6 is 8.07 Å². The Morgan fingerprint density at radius 1 is 0.600 bits per heavy atom. The molecule has 3 heteroatoms. The van der Waals surface area contributed by atoms with Crippen LogP contribution in [0.3, 0.4) is 0 Å². The van der Waals surface area contributed by atoms with E-state index in [2.05, 4.69) is 85.2 Å². The van der Waals surface area contributed by atoms with Crippen LogP contribution in [0.25, 0.3) is 0 Å². The zero-order valence-electron chi connectivity index (χ0n) is 17.3. The molecule has 0 atom stereocenters. The summed E-state index contributed by atoms with van der Waals surface area (Å²) in [5, 5.41) is 11.7. The van der Waals surface area contributed by atoms with E-state index in [-0.39, 0.29) is 0 Å². The number of aryl methyl sites for hydroxylation is 2. The zero-order chi connectivity index (χ0) is 20.9. The first-order valence-corrected chi connectivity index (χ1v) is 11.4. The summed E-state index contributed by atoms with van der Waals surface area (Å²) in [7, 11) is -0.977. The molecule has 0 fully saturated rings. The monoisotopic (exact) mass is 408 g/mol. The summed E-state index contributed by atoms with van der Waals surface area (Å²) in [6.07, 6.45) is 0. The molecule has 0 aromatic heterocycles. The predicted molar refractivity (Wildman–Crippen MR) is 131 cm³/mol. The number of benzene rings is 4. The van der Waals surface area contributed by atoms with E-state index < -0.39 is 8.07 Å². The van der Waals surface area contributed by atoms with Crippen molar-refractivity contribution in [3.63, 3.8) is 0 Å². The van der Waals surface area contributed by atoms with Gasteiger partial charge < -0.3 is 0 Å². The number of rotatable bonds is 5. The minimum absolute atomic E-state index is 0.520. The molecule has 1 N–H and O–H groups in total. The van der Waals surface area contributed by atoms with Gasteiger partial charge in [-0.2, -0.15) is 0 Å². The molecule has 30 heavy (non-hydrogen) atoms. The van der Waals surface area contributed by atoms with Crippen molar-refractivity contribution >= 4 is 30.2 Å². The second-order valence-corrected chi connectivity index (χ2v) is 9.31. The molecule has 148 valence electrons. The van der Waals surface area contributed by atoms with Crippen LogP contribution in [0.15, 0.2) is 109 Å². The molecule has 0 unspecified atom stereocenters. The van der Waals surface area contributed by atoms with Gasteiger partial charge in [-0.25, -0.2) is 0 Å². The molecule has 0 amide bonds. The van der Waals surface area contributed by atoms with Gasteiger partial charge in [-0.1, -0.05) is 109 Å². The van der Waals surface area contributed by atoms with E-state index in [1.807, 2.05) is 42.5 Å². The Morgan fingerprint density at radius 2 is 1.03 bits per heavy atom. The quantitative estimate of drug-likeness (QED) is 0.238. The van der Waals surface area contributed by atoms with Crippen LogP contribution in [-0.4, -0.2) is 5.84 Å². The third-order valence-electron chi connectivity index (χ3n) is 5.11. The molecule has 2 nitrogen and oxygen atoms in total. The van der Waals surface area contributed by atoms with E-state index in [4.69, 9.17) is 0 Å². The van der Waals surface area contributed by atoms with Crippen molar-refractivity contribution in [3.8, 4) is 0 Å². The molecule has 0 bridgehead atoms. The lowest BCUT2D eigenvalue weighted by molar-refractivity contribution is 1.29. The van der Waals surface area contributed by atoms with Crippen LogP contribution in [0.4, 0.5) is 5.69 Å². The molecule has 4 aromatic carbocycles. The molecule has 0 saturated carbocycles. The lowest BCUT2D eigenvalue weighted by Gasteiger charge is -2.36. The minimum atomic E-state index is -0.977. The maximum absolute atomic E-state index is 9.29. The summed E-state index contributed by atoms with van der Waals surface area (Å²) in [6, 6.07) is 37.6. The average Bonchev–Trinajstić information content (AvgIpc) is 2.80. The van der Waals surface area contributed by atoms with Gasteiger partial charge in [-0.05, 0) is 25.0 Å². The van der Waals surface area contributed by atoms with Crippen molar-refractivity contribution in [2.24, 2.45) is 0 Å². The van der Waals surface area contributed by atoms with Gasteiger partial charge in [0, 0.05) is 16.2 Å². The van der Waals surface area contributed by atoms with E-state index in [1.54, 1.807) is 0 Å². The summed E-state index contributed by atoms with van der Waals surface area (Å²) in [5.74, 6) is 0.520. The van der Waals surface area contributed by atoms with Gasteiger partial charge >= 0.3 is 0 Å². The highest BCUT2D eigenvalue weighted by Crippen LogP contribution is 2.45. The highest BCUT2D eigenvalue weighted by molar-refractivity contribution is 7.75. The SMILES string of the molecule is Cc1cccc(C)c1N(C(=N)c1ccccc1)P(c1ccccc1)c1ccccc1. The van der Waals surface area contributed by atoms with Gasteiger partial charge in [0.25, 0.3) is 0 Å². The molecule has 0 spiro atoms. The third-order valence-corrected chi connectivity index (χ3v) is 7.49. The molecular formula is C27H25N2P. The average molecular weight is 408 g/mol. The number of nitrogens with one attached hydrogen (secondary N) is 1. The topological polar surface area (TPSA) is 27.1 Å². The molecular weight excluding hydrogens is 383 g/mol. The molecule has 0 aliphatic rings. The van der Waals surface area contributed by atoms with Crippen LogP contribution < -0.4 is 15.3 Å². The van der Waals surface area contributed by atoms with Gasteiger partial charge in [0.2, 0.25) is 0 Å². The van der Waals surface area contributed by atoms with E-state index >= 15 is 0 Å². The number of anilines is 1. The van der Waals surface area contributed by atoms with E-state index in [9.17, 15) is 5.41 Å². The normalized spacial score (nSPS) is 10.8. The van der Waals surface area contributed by atoms with Crippen LogP contribution in [0, 0.1) is 19.3 Å². The van der Waals surface area contributed by atoms with Crippen molar-refractivity contribution < 1.29 is 0 Å². The Morgan fingerprint density at radius 3 is 1.50 bits per heavy atom. The number of para-hydroxylation sites is 1. The fourth-order valence-corrected chi connectivity index (χ4v) is 6.19. The van der Waals surface area contributed by atoms with E-state index in [0.29, 0.717) is 5.84 Å². The Labute approximate surface area is 180 Å². The minimum Gasteiger partial charge on any atom is -0.296 e. The summed E-state index contributed by atoms with van der Waals surface area (Å²) >= 11 is 0. The highest BCUT2D eigenvalue weighted by atomic mass is 31.1. The summed E-state index contributed by atoms with van der Waals surface area (Å²) in [5.41, 5.74) is 4.38. The van der Waals surface area contributed by atoms with Gasteiger partial charge in [0.1, 0.15) is 5.84 Å². The molecule has 0 aliphatic carbocycles. The Bertz CT molecular complexity index is 1070. The van der Waals surface area contributed by atoms with Gasteiger partial charge in [-0.3, -0.25) is 10.1 Å². The zero-order valence-corrected chi connectivity index (χ0v) is 18.2. The fourth-order valence-electron chi connectivity index (χ4n) is 3.69. The number of hydrogen-bond acceptors (Lipinski definition) is 1. The van der Waals surface area contributed by atoms with Gasteiger partial charge in [-0.15, -0.1) is 0 Å². The van der Waals surface area contributed by atoms with Crippen molar-refractivity contribution in [3.05, 3.63) is 126 Å². The van der Waals surface area contributed by atoms with Crippen LogP contribution in [0.1, 0.15) is 16.7 Å². The van der Waals surface area contributed by atoms with Crippen LogP contribution in [0.2, 0.25) is 0 Å². The Balaban J connectivity index is 1.98. The maximum Gasteiger partial charge on any atom is 0.136 e. The largest absolute Gasteiger partial charge is 0.296 e. The number of hydrogen-bond donors (Lipinski definition) is 1. The van der Waals surface area contributed by atoms with Gasteiger partial charge in [0.05, 0.1) is 13.8 Å². The second kappa shape index (κ2) is 9.07. The first kappa shape index (κ1) is 20.1. The van der Waals surface area contributed by atoms with Crippen molar-refractivity contribution in [1.29, 1.82) is 5.41 Å². The van der Waals surface area contributed by atoms with Crippen molar-refractivity contribution in [2.75, 3.05) is 4.67 Å². The molecule has 0 radical (unpaired) electrons. The standard InChI is InChI=1S/C27H25N2P/c1-21-13-12-14-22(2)26(21)29(27(28)23-15-6-3-7-16-23)30(24-17-8-4-9-18-24)25-19-10-5-11-20-25/h3-20,28H,1-2H3. The van der Waals surface area contributed by atoms with Crippen LogP contribution in [-0.2, 0) is 0 Å². The smallest absolute Gasteiger partial charge is 0.136 e. The van der Waals surface area contributed by atoms with Crippen molar-refractivity contribution in [1.82, 2.24) is 0 Å². The molecule has 0 aliphatic heterocycles. The van der Waals surface area contributed by atoms with Gasteiger partial charge in [0.15, 0.2) is 0 Å². The third kappa shape index (κ3) is 4.06. The molecule has 4 aromatic rings.